The highest BCUT2D eigenvalue weighted by molar-refractivity contribution is 5.81. The third-order valence-corrected chi connectivity index (χ3v) is 2.61. The molecule has 0 unspecified atom stereocenters. The van der Waals surface area contributed by atoms with Gasteiger partial charge in [-0.05, 0) is 25.0 Å². The zero-order valence-electron chi connectivity index (χ0n) is 7.79. The molecule has 0 amide bonds. The quantitative estimate of drug-likeness (QED) is 0.784. The predicted molar refractivity (Wildman–Crippen MR) is 54.1 cm³/mol. The van der Waals surface area contributed by atoms with Crippen LogP contribution in [0.3, 0.4) is 0 Å². The Hall–Kier alpha value is -1.51. The van der Waals surface area contributed by atoms with Crippen molar-refractivity contribution in [1.82, 2.24) is 9.97 Å². The molecular weight excluding hydrogens is 176 g/mol. The van der Waals surface area contributed by atoms with E-state index in [4.69, 9.17) is 4.74 Å². The van der Waals surface area contributed by atoms with Gasteiger partial charge in [0.2, 0.25) is 0 Å². The van der Waals surface area contributed by atoms with Gasteiger partial charge in [0.15, 0.2) is 0 Å². The van der Waals surface area contributed by atoms with Crippen LogP contribution in [0.15, 0.2) is 18.2 Å². The summed E-state index contributed by atoms with van der Waals surface area (Å²) in [6.45, 7) is 0. The summed E-state index contributed by atoms with van der Waals surface area (Å²) in [5.74, 6) is 2.47. The molecule has 1 heterocycles. The van der Waals surface area contributed by atoms with Crippen LogP contribution in [0.25, 0.3) is 11.0 Å². The van der Waals surface area contributed by atoms with Gasteiger partial charge in [-0.25, -0.2) is 4.98 Å². The number of fused-ring (bicyclic) bond motifs is 1. The highest BCUT2D eigenvalue weighted by Crippen LogP contribution is 2.39. The van der Waals surface area contributed by atoms with Gasteiger partial charge < -0.3 is 9.72 Å². The maximum atomic E-state index is 5.01. The molecular formula is C11H11N2O. The van der Waals surface area contributed by atoms with Gasteiger partial charge in [0.05, 0.1) is 5.52 Å². The number of hydrogen-bond donors (Lipinski definition) is 1. The van der Waals surface area contributed by atoms with Crippen molar-refractivity contribution in [2.75, 3.05) is 0 Å². The lowest BCUT2D eigenvalue weighted by molar-refractivity contribution is 0.477. The zero-order valence-corrected chi connectivity index (χ0v) is 7.79. The van der Waals surface area contributed by atoms with Crippen molar-refractivity contribution in [2.45, 2.75) is 18.8 Å². The Morgan fingerprint density at radius 1 is 1.43 bits per heavy atom. The molecule has 1 aromatic heterocycles. The average molecular weight is 187 g/mol. The van der Waals surface area contributed by atoms with Gasteiger partial charge in [0.25, 0.3) is 0 Å². The molecule has 0 atom stereocenters. The summed E-state index contributed by atoms with van der Waals surface area (Å²) in [6.07, 6.45) is 2.50. The van der Waals surface area contributed by atoms with E-state index < -0.39 is 0 Å². The molecule has 0 aliphatic heterocycles. The summed E-state index contributed by atoms with van der Waals surface area (Å²) in [5, 5.41) is 0. The fraction of sp³-hybridized carbons (Fsp3) is 0.273. The van der Waals surface area contributed by atoms with E-state index >= 15 is 0 Å². The number of aromatic amines is 1. The maximum absolute atomic E-state index is 5.01. The smallest absolute Gasteiger partial charge is 0.147 e. The second-order valence-electron chi connectivity index (χ2n) is 3.69. The molecule has 0 saturated heterocycles. The summed E-state index contributed by atoms with van der Waals surface area (Å²) >= 11 is 0. The second-order valence-corrected chi connectivity index (χ2v) is 3.69. The first-order chi connectivity index (χ1) is 6.88. The van der Waals surface area contributed by atoms with Crippen LogP contribution < -0.4 is 4.74 Å². The minimum Gasteiger partial charge on any atom is -0.488 e. The molecule has 71 valence electrons. The van der Waals surface area contributed by atoms with Crippen LogP contribution in [-0.2, 0) is 0 Å². The van der Waals surface area contributed by atoms with Gasteiger partial charge in [0.1, 0.15) is 24.2 Å². The Labute approximate surface area is 82.1 Å². The fourth-order valence-corrected chi connectivity index (χ4v) is 1.69. The predicted octanol–water partition coefficient (Wildman–Crippen LogP) is 2.61. The molecule has 3 rings (SSSR count). The number of rotatable bonds is 2. The number of nitrogens with zero attached hydrogens (tertiary/aromatic N) is 1. The Kier molecular flexibility index (Phi) is 1.54. The molecule has 1 saturated carbocycles. The van der Waals surface area contributed by atoms with E-state index in [1.165, 1.54) is 12.8 Å². The lowest BCUT2D eigenvalue weighted by Crippen LogP contribution is -1.81. The zero-order chi connectivity index (χ0) is 9.54. The summed E-state index contributed by atoms with van der Waals surface area (Å²) in [7, 11) is 3.42. The van der Waals surface area contributed by atoms with E-state index in [2.05, 4.69) is 17.1 Å². The van der Waals surface area contributed by atoms with Gasteiger partial charge >= 0.3 is 0 Å². The topological polar surface area (TPSA) is 37.9 Å². The molecule has 1 N–H and O–H groups in total. The molecule has 1 radical (unpaired) electrons. The van der Waals surface area contributed by atoms with Gasteiger partial charge in [-0.15, -0.1) is 0 Å². The highest BCUT2D eigenvalue weighted by Gasteiger charge is 2.27. The lowest BCUT2D eigenvalue weighted by atomic mass is 10.3. The molecule has 0 spiro atoms. The van der Waals surface area contributed by atoms with Gasteiger partial charge in [-0.3, -0.25) is 0 Å². The first-order valence-electron chi connectivity index (χ1n) is 4.79. The van der Waals surface area contributed by atoms with Crippen LogP contribution in [0.4, 0.5) is 0 Å². The van der Waals surface area contributed by atoms with Crippen LogP contribution in [-0.4, -0.2) is 9.97 Å². The monoisotopic (exact) mass is 187 g/mol. The number of H-pyrrole nitrogens is 1. The van der Waals surface area contributed by atoms with Crippen molar-refractivity contribution in [3.63, 3.8) is 0 Å². The fourth-order valence-electron chi connectivity index (χ4n) is 1.69. The van der Waals surface area contributed by atoms with Crippen molar-refractivity contribution in [1.29, 1.82) is 0 Å². The molecule has 3 heteroatoms. The number of aromatic nitrogens is 2. The van der Waals surface area contributed by atoms with Crippen LogP contribution >= 0.6 is 0 Å². The molecule has 1 aromatic carbocycles. The van der Waals surface area contributed by atoms with Gasteiger partial charge in [-0.2, -0.15) is 0 Å². The molecule has 2 aromatic rings. The Morgan fingerprint density at radius 3 is 3.00 bits per heavy atom. The minimum atomic E-state index is 0.639. The number of ether oxygens (including phenoxy) is 1. The second kappa shape index (κ2) is 2.74. The van der Waals surface area contributed by atoms with Crippen molar-refractivity contribution >= 4 is 11.0 Å². The molecule has 14 heavy (non-hydrogen) atoms. The van der Waals surface area contributed by atoms with E-state index in [1.54, 1.807) is 0 Å². The molecule has 1 fully saturated rings. The highest BCUT2D eigenvalue weighted by atomic mass is 16.5. The third-order valence-electron chi connectivity index (χ3n) is 2.61. The standard InChI is InChI=1S/C11H11N2O/c1-14-9-4-2-3-8-10(9)13-11(12-8)7-5-6-7/h2-4,7H,1,5-6H2,(H,12,13). The summed E-state index contributed by atoms with van der Waals surface area (Å²) in [4.78, 5) is 7.84. The van der Waals surface area contributed by atoms with Gasteiger partial charge in [-0.1, -0.05) is 6.07 Å². The first-order valence-corrected chi connectivity index (χ1v) is 4.79. The summed E-state index contributed by atoms with van der Waals surface area (Å²) < 4.78 is 5.01. The van der Waals surface area contributed by atoms with E-state index in [1.807, 2.05) is 18.2 Å². The molecule has 0 bridgehead atoms. The normalized spacial score (nSPS) is 16.1. The van der Waals surface area contributed by atoms with E-state index in [-0.39, 0.29) is 0 Å². The van der Waals surface area contributed by atoms with Crippen molar-refractivity contribution < 1.29 is 4.74 Å². The average Bonchev–Trinajstić information content (AvgIpc) is 2.97. The van der Waals surface area contributed by atoms with Crippen LogP contribution in [0, 0.1) is 7.11 Å². The van der Waals surface area contributed by atoms with Crippen LogP contribution in [0.2, 0.25) is 0 Å². The van der Waals surface area contributed by atoms with E-state index in [0.717, 1.165) is 22.6 Å². The van der Waals surface area contributed by atoms with Crippen LogP contribution in [0.1, 0.15) is 24.6 Å². The SMILES string of the molecule is [CH2]Oc1cccc2[nH]c(C3CC3)nc12. The number of benzene rings is 1. The molecule has 1 aliphatic rings. The minimum absolute atomic E-state index is 0.639. The molecule has 1 aliphatic carbocycles. The first kappa shape index (κ1) is 7.85. The summed E-state index contributed by atoms with van der Waals surface area (Å²) in [6, 6.07) is 5.83. The molecule has 3 nitrogen and oxygen atoms in total. The van der Waals surface area contributed by atoms with Crippen molar-refractivity contribution in [3.05, 3.63) is 31.1 Å². The van der Waals surface area contributed by atoms with Crippen LogP contribution in [0.5, 0.6) is 5.75 Å². The summed E-state index contributed by atoms with van der Waals surface area (Å²) in [5.41, 5.74) is 1.93. The number of nitrogens with one attached hydrogen (secondary N) is 1. The largest absolute Gasteiger partial charge is 0.488 e. The third kappa shape index (κ3) is 1.09. The van der Waals surface area contributed by atoms with E-state index in [0.29, 0.717) is 5.92 Å². The Balaban J connectivity index is 2.20. The Bertz CT molecular complexity index is 471. The van der Waals surface area contributed by atoms with Gasteiger partial charge in [0, 0.05) is 5.92 Å². The van der Waals surface area contributed by atoms with Crippen molar-refractivity contribution in [3.8, 4) is 5.75 Å². The Morgan fingerprint density at radius 2 is 2.29 bits per heavy atom. The number of para-hydroxylation sites is 1. The number of hydrogen-bond acceptors (Lipinski definition) is 2. The van der Waals surface area contributed by atoms with E-state index in [9.17, 15) is 0 Å². The number of imidazole rings is 1. The maximum Gasteiger partial charge on any atom is 0.147 e. The lowest BCUT2D eigenvalue weighted by Gasteiger charge is -1.97. The van der Waals surface area contributed by atoms with Crippen molar-refractivity contribution in [2.24, 2.45) is 0 Å².